The molecular formula is C16H27N3O7. The molecule has 0 aliphatic carbocycles. The Hall–Kier alpha value is -2.20. The standard InChI is InChI=1S/C16H27N3O7/c1-10(21)19-13-11(22)6-16(24-9-20,8-15(2,3)4)25-12(13)7-18-26-14(23)17-5/h7,9,11-13,22H,6,8H2,1-5H3,(H,17,23)(H,19,21)/t11?,12?,13-,16-/m0/s1. The van der Waals surface area contributed by atoms with E-state index in [1.165, 1.54) is 14.0 Å². The molecule has 1 aliphatic rings. The molecule has 10 nitrogen and oxygen atoms in total. The van der Waals surface area contributed by atoms with Crippen LogP contribution >= 0.6 is 0 Å². The molecule has 0 bridgehead atoms. The zero-order valence-electron chi connectivity index (χ0n) is 15.6. The average Bonchev–Trinajstić information content (AvgIpc) is 2.48. The molecule has 1 rings (SSSR count). The quantitative estimate of drug-likeness (QED) is 0.263. The lowest BCUT2D eigenvalue weighted by molar-refractivity contribution is -0.280. The fourth-order valence-electron chi connectivity index (χ4n) is 2.88. The molecule has 3 N–H and O–H groups in total. The molecule has 0 saturated carbocycles. The predicted molar refractivity (Wildman–Crippen MR) is 91.1 cm³/mol. The number of oxime groups is 1. The van der Waals surface area contributed by atoms with Crippen LogP contribution in [0.2, 0.25) is 0 Å². The maximum atomic E-state index is 11.4. The predicted octanol–water partition coefficient (Wildman–Crippen LogP) is 0.288. The van der Waals surface area contributed by atoms with Gasteiger partial charge in [0, 0.05) is 26.8 Å². The minimum atomic E-state index is -1.40. The van der Waals surface area contributed by atoms with Gasteiger partial charge in [0.05, 0.1) is 18.4 Å². The number of rotatable bonds is 6. The number of carbonyl (C=O) groups excluding carboxylic acids is 3. The van der Waals surface area contributed by atoms with Gasteiger partial charge in [-0.2, -0.15) is 0 Å². The van der Waals surface area contributed by atoms with Crippen molar-refractivity contribution in [3.05, 3.63) is 0 Å². The Labute approximate surface area is 152 Å². The molecule has 148 valence electrons. The molecule has 1 aliphatic heterocycles. The smallest absolute Gasteiger partial charge is 0.433 e. The van der Waals surface area contributed by atoms with E-state index in [0.717, 1.165) is 6.21 Å². The summed E-state index contributed by atoms with van der Waals surface area (Å²) in [5.74, 6) is -1.79. The first-order valence-electron chi connectivity index (χ1n) is 8.18. The van der Waals surface area contributed by atoms with Crippen molar-refractivity contribution in [2.45, 2.75) is 64.6 Å². The molecule has 1 fully saturated rings. The van der Waals surface area contributed by atoms with Crippen molar-refractivity contribution in [1.29, 1.82) is 0 Å². The third-order valence-electron chi connectivity index (χ3n) is 3.62. The fourth-order valence-corrected chi connectivity index (χ4v) is 2.88. The summed E-state index contributed by atoms with van der Waals surface area (Å²) < 4.78 is 11.1. The first-order chi connectivity index (χ1) is 12.0. The van der Waals surface area contributed by atoms with Crippen molar-refractivity contribution >= 4 is 24.7 Å². The van der Waals surface area contributed by atoms with Gasteiger partial charge in [0.1, 0.15) is 6.10 Å². The van der Waals surface area contributed by atoms with Gasteiger partial charge in [-0.3, -0.25) is 14.4 Å². The molecule has 0 aromatic heterocycles. The number of nitrogens with zero attached hydrogens (tertiary/aromatic N) is 1. The van der Waals surface area contributed by atoms with E-state index in [0.29, 0.717) is 6.42 Å². The van der Waals surface area contributed by atoms with Gasteiger partial charge in [0.25, 0.3) is 6.47 Å². The molecule has 2 amide bonds. The van der Waals surface area contributed by atoms with E-state index in [1.807, 2.05) is 20.8 Å². The van der Waals surface area contributed by atoms with Gasteiger partial charge < -0.3 is 25.2 Å². The van der Waals surface area contributed by atoms with E-state index in [-0.39, 0.29) is 24.2 Å². The number of aliphatic hydroxyl groups excluding tert-OH is 1. The van der Waals surface area contributed by atoms with Crippen LogP contribution in [0, 0.1) is 5.41 Å². The monoisotopic (exact) mass is 373 g/mol. The van der Waals surface area contributed by atoms with Crippen molar-refractivity contribution in [1.82, 2.24) is 10.6 Å². The number of aliphatic hydroxyl groups is 1. The average molecular weight is 373 g/mol. The molecule has 0 aromatic rings. The van der Waals surface area contributed by atoms with Gasteiger partial charge in [0.2, 0.25) is 11.7 Å². The summed E-state index contributed by atoms with van der Waals surface area (Å²) >= 11 is 0. The fraction of sp³-hybridized carbons (Fsp3) is 0.750. The third-order valence-corrected chi connectivity index (χ3v) is 3.62. The van der Waals surface area contributed by atoms with E-state index in [9.17, 15) is 19.5 Å². The Morgan fingerprint density at radius 3 is 2.58 bits per heavy atom. The molecule has 1 heterocycles. The van der Waals surface area contributed by atoms with E-state index in [2.05, 4.69) is 20.6 Å². The summed E-state index contributed by atoms with van der Waals surface area (Å²) in [7, 11) is 1.37. The van der Waals surface area contributed by atoms with Crippen LogP contribution in [0.4, 0.5) is 4.79 Å². The van der Waals surface area contributed by atoms with Crippen LogP contribution in [0.3, 0.4) is 0 Å². The summed E-state index contributed by atoms with van der Waals surface area (Å²) in [6.07, 6.45) is -1.47. The highest BCUT2D eigenvalue weighted by Gasteiger charge is 2.50. The summed E-state index contributed by atoms with van der Waals surface area (Å²) in [6, 6.07) is -0.854. The Balaban J connectivity index is 3.11. The Kier molecular flexibility index (Phi) is 7.52. The van der Waals surface area contributed by atoms with Crippen molar-refractivity contribution in [2.75, 3.05) is 7.05 Å². The van der Waals surface area contributed by atoms with Crippen molar-refractivity contribution in [3.8, 4) is 0 Å². The highest BCUT2D eigenvalue weighted by Crippen LogP contribution is 2.39. The second-order valence-electron chi connectivity index (χ2n) is 7.33. The van der Waals surface area contributed by atoms with Crippen molar-refractivity contribution in [3.63, 3.8) is 0 Å². The van der Waals surface area contributed by atoms with E-state index >= 15 is 0 Å². The zero-order chi connectivity index (χ0) is 20.0. The lowest BCUT2D eigenvalue weighted by Crippen LogP contribution is -2.62. The van der Waals surface area contributed by atoms with Crippen LogP contribution in [0.25, 0.3) is 0 Å². The van der Waals surface area contributed by atoms with E-state index in [4.69, 9.17) is 9.47 Å². The number of hydrogen-bond acceptors (Lipinski definition) is 8. The van der Waals surface area contributed by atoms with Crippen LogP contribution in [-0.4, -0.2) is 60.9 Å². The van der Waals surface area contributed by atoms with Crippen molar-refractivity contribution < 1.29 is 33.8 Å². The van der Waals surface area contributed by atoms with E-state index < -0.39 is 30.1 Å². The van der Waals surface area contributed by atoms with Gasteiger partial charge in [-0.1, -0.05) is 25.9 Å². The second-order valence-corrected chi connectivity index (χ2v) is 7.33. The Bertz CT molecular complexity index is 546. The lowest BCUT2D eigenvalue weighted by atomic mass is 9.82. The number of amides is 2. The molecule has 1 saturated heterocycles. The molecule has 26 heavy (non-hydrogen) atoms. The molecule has 10 heteroatoms. The van der Waals surface area contributed by atoms with Crippen LogP contribution in [0.15, 0.2) is 5.16 Å². The molecule has 0 radical (unpaired) electrons. The molecule has 0 spiro atoms. The third kappa shape index (κ3) is 6.60. The van der Waals surface area contributed by atoms with Crippen LogP contribution in [0.5, 0.6) is 0 Å². The maximum absolute atomic E-state index is 11.4. The number of hydrogen-bond donors (Lipinski definition) is 3. The van der Waals surface area contributed by atoms with E-state index in [1.54, 1.807) is 0 Å². The summed E-state index contributed by atoms with van der Waals surface area (Å²) in [5.41, 5.74) is -0.288. The maximum Gasteiger partial charge on any atom is 0.433 e. The van der Waals surface area contributed by atoms with Crippen molar-refractivity contribution in [2.24, 2.45) is 10.6 Å². The summed E-state index contributed by atoms with van der Waals surface area (Å²) in [5, 5.41) is 18.8. The Morgan fingerprint density at radius 2 is 2.08 bits per heavy atom. The highest BCUT2D eigenvalue weighted by atomic mass is 16.7. The molecule has 0 aromatic carbocycles. The largest absolute Gasteiger partial charge is 0.435 e. The van der Waals surface area contributed by atoms with Gasteiger partial charge in [-0.25, -0.2) is 4.79 Å². The lowest BCUT2D eigenvalue weighted by Gasteiger charge is -2.46. The van der Waals surface area contributed by atoms with Gasteiger partial charge >= 0.3 is 6.09 Å². The molecule has 4 atom stereocenters. The first-order valence-corrected chi connectivity index (χ1v) is 8.18. The summed E-state index contributed by atoms with van der Waals surface area (Å²) in [4.78, 5) is 38.1. The highest BCUT2D eigenvalue weighted by molar-refractivity contribution is 5.75. The van der Waals surface area contributed by atoms with Crippen LogP contribution < -0.4 is 10.6 Å². The minimum absolute atomic E-state index is 0.0331. The van der Waals surface area contributed by atoms with Gasteiger partial charge in [-0.05, 0) is 5.41 Å². The Morgan fingerprint density at radius 1 is 1.42 bits per heavy atom. The number of carbonyl (C=O) groups is 3. The number of ether oxygens (including phenoxy) is 2. The molecule has 2 unspecified atom stereocenters. The zero-order valence-corrected chi connectivity index (χ0v) is 15.6. The van der Waals surface area contributed by atoms with Crippen LogP contribution in [-0.2, 0) is 23.9 Å². The minimum Gasteiger partial charge on any atom is -0.435 e. The van der Waals surface area contributed by atoms with Gasteiger partial charge in [-0.15, -0.1) is 0 Å². The first kappa shape index (κ1) is 21.8. The van der Waals surface area contributed by atoms with Gasteiger partial charge in [0.15, 0.2) is 0 Å². The SMILES string of the molecule is CNC(=O)ON=CC1O[C@@](CC(C)(C)C)(OC=O)CC(O)[C@@H]1NC(C)=O. The summed E-state index contributed by atoms with van der Waals surface area (Å²) in [6.45, 7) is 7.33. The second kappa shape index (κ2) is 8.95. The number of nitrogens with one attached hydrogen (secondary N) is 2. The topological polar surface area (TPSA) is 136 Å². The molecular weight excluding hydrogens is 346 g/mol. The normalized spacial score (nSPS) is 29.1. The van der Waals surface area contributed by atoms with Crippen LogP contribution in [0.1, 0.15) is 40.5 Å².